The first-order valence-corrected chi connectivity index (χ1v) is 28.2. The van der Waals surface area contributed by atoms with Gasteiger partial charge < -0.3 is 0 Å². The lowest BCUT2D eigenvalue weighted by molar-refractivity contribution is 0.225. The van der Waals surface area contributed by atoms with Crippen LogP contribution in [-0.4, -0.2) is 5.25 Å². The van der Waals surface area contributed by atoms with E-state index in [2.05, 4.69) is 20.8 Å². The molecule has 8 bridgehead atoms. The largest absolute Gasteiger partial charge is 0.167 e. The topological polar surface area (TPSA) is 0 Å². The van der Waals surface area contributed by atoms with Gasteiger partial charge in [-0.25, -0.2) is 0 Å². The zero-order valence-electron chi connectivity index (χ0n) is 40.5. The van der Waals surface area contributed by atoms with Gasteiger partial charge in [0.25, 0.3) is 0 Å². The minimum absolute atomic E-state index is 0.426. The van der Waals surface area contributed by atoms with Crippen LogP contribution in [0.15, 0.2) is 55.7 Å². The number of rotatable bonds is 13. The van der Waals surface area contributed by atoms with Gasteiger partial charge >= 0.3 is 0 Å². The van der Waals surface area contributed by atoms with E-state index in [1.165, 1.54) is 276 Å². The number of hydrogen-bond acceptors (Lipinski definition) is 1. The second kappa shape index (κ2) is 26.7. The monoisotopic (exact) mass is 839 g/mol. The fourth-order valence-corrected chi connectivity index (χ4v) is 13.4. The summed E-state index contributed by atoms with van der Waals surface area (Å²) in [5.74, 6) is 0.921. The third-order valence-corrected chi connectivity index (χ3v) is 17.9. The van der Waals surface area contributed by atoms with E-state index >= 15 is 0 Å². The van der Waals surface area contributed by atoms with Crippen molar-refractivity contribution in [1.29, 1.82) is 0 Å². The predicted molar refractivity (Wildman–Crippen MR) is 269 cm³/mol. The molecule has 0 N–H and O–H groups in total. The highest BCUT2D eigenvalue weighted by molar-refractivity contribution is 7.81. The molecule has 1 heteroatoms. The SMILES string of the molecule is CCCCCCCCC1=C2C/C(=C3/CCCCCC4(C)CCCCCCCC(CCCCCCC)=C5CC(=C(CCC4)CC/C(=C4/CC4CCCCCCC1)CC3)C5)C2S. The van der Waals surface area contributed by atoms with Crippen LogP contribution in [0.25, 0.3) is 0 Å². The summed E-state index contributed by atoms with van der Waals surface area (Å²) < 4.78 is 0. The minimum Gasteiger partial charge on any atom is -0.167 e. The van der Waals surface area contributed by atoms with Gasteiger partial charge in [0.15, 0.2) is 0 Å². The minimum atomic E-state index is 0.426. The quantitative estimate of drug-likeness (QED) is 0.107. The molecule has 0 amide bonds. The predicted octanol–water partition coefficient (Wildman–Crippen LogP) is 20.3. The molecular formula is C59H98S. The van der Waals surface area contributed by atoms with Crippen molar-refractivity contribution in [2.24, 2.45) is 11.3 Å². The molecule has 0 aliphatic heterocycles. The van der Waals surface area contributed by atoms with Crippen LogP contribution in [0.2, 0.25) is 0 Å². The van der Waals surface area contributed by atoms with E-state index in [0.717, 1.165) is 5.92 Å². The summed E-state index contributed by atoms with van der Waals surface area (Å²) in [6.45, 7) is 7.43. The molecule has 0 aromatic heterocycles. The molecule has 4 fully saturated rings. The van der Waals surface area contributed by atoms with Crippen molar-refractivity contribution >= 4 is 12.6 Å². The zero-order valence-corrected chi connectivity index (χ0v) is 41.4. The summed E-state index contributed by atoms with van der Waals surface area (Å²) in [6.07, 6.45) is 60.7. The first-order chi connectivity index (χ1) is 29.5. The van der Waals surface area contributed by atoms with E-state index < -0.39 is 0 Å². The van der Waals surface area contributed by atoms with Crippen LogP contribution in [0.4, 0.5) is 0 Å². The van der Waals surface area contributed by atoms with E-state index in [-0.39, 0.29) is 0 Å². The summed E-state index contributed by atoms with van der Waals surface area (Å²) in [6, 6.07) is 0. The van der Waals surface area contributed by atoms with E-state index in [1.807, 2.05) is 44.6 Å². The van der Waals surface area contributed by atoms with Crippen LogP contribution in [-0.2, 0) is 0 Å². The Labute approximate surface area is 380 Å². The summed E-state index contributed by atoms with van der Waals surface area (Å²) in [7, 11) is 0. The van der Waals surface area contributed by atoms with E-state index in [4.69, 9.17) is 12.6 Å². The third-order valence-electron chi connectivity index (χ3n) is 17.2. The molecule has 0 aromatic rings. The van der Waals surface area contributed by atoms with Gasteiger partial charge in [-0.2, -0.15) is 12.6 Å². The van der Waals surface area contributed by atoms with Gasteiger partial charge in [0, 0.05) is 5.25 Å². The lowest BCUT2D eigenvalue weighted by Gasteiger charge is -2.36. The normalized spacial score (nSPS) is 30.0. The van der Waals surface area contributed by atoms with Crippen molar-refractivity contribution in [2.75, 3.05) is 0 Å². The van der Waals surface area contributed by atoms with Gasteiger partial charge in [0.1, 0.15) is 0 Å². The van der Waals surface area contributed by atoms with Crippen molar-refractivity contribution < 1.29 is 0 Å². The summed E-state index contributed by atoms with van der Waals surface area (Å²) in [4.78, 5) is 0. The van der Waals surface area contributed by atoms with Gasteiger partial charge in [-0.15, -0.1) is 0 Å². The van der Waals surface area contributed by atoms with Gasteiger partial charge in [-0.3, -0.25) is 0 Å². The van der Waals surface area contributed by atoms with Crippen LogP contribution in [0.1, 0.15) is 297 Å². The first-order valence-electron chi connectivity index (χ1n) is 27.7. The van der Waals surface area contributed by atoms with Gasteiger partial charge in [0.2, 0.25) is 0 Å². The van der Waals surface area contributed by atoms with Crippen molar-refractivity contribution in [3.8, 4) is 0 Å². The first kappa shape index (κ1) is 48.5. The Bertz CT molecular complexity index is 1450. The molecule has 0 radical (unpaired) electrons. The van der Waals surface area contributed by atoms with Gasteiger partial charge in [-0.05, 0) is 165 Å². The molecule has 0 nitrogen and oxygen atoms in total. The average Bonchev–Trinajstić information content (AvgIpc) is 3.99. The number of fused-ring (bicyclic) bond motifs is 14. The number of hydrogen-bond donors (Lipinski definition) is 1. The summed E-state index contributed by atoms with van der Waals surface area (Å²) in [5.41, 5.74) is 19.3. The molecular weight excluding hydrogens is 741 g/mol. The standard InChI is InChI=1S/C59H98S/c1-4-6-8-10-14-22-31-49-32-23-15-11-16-24-34-52-45-55(52)51-37-36-48-35-28-42-59(3,41-27-19-25-33-50(38-39-51)57-46-56(49)58(57)60)40-26-18-12-17-21-30-47(53-43-54(48)44-53)29-20-13-9-7-5-2/h52,58,60H,4-46H2,1-3H3/b53-47?,54-48?,55-51+,56-49?,57-50+. The second-order valence-corrected chi connectivity index (χ2v) is 22.6. The Morgan fingerprint density at radius 2 is 0.917 bits per heavy atom. The molecule has 8 rings (SSSR count). The Kier molecular flexibility index (Phi) is 21.6. The van der Waals surface area contributed by atoms with Crippen molar-refractivity contribution in [1.82, 2.24) is 0 Å². The van der Waals surface area contributed by atoms with Crippen LogP contribution in [0.5, 0.6) is 0 Å². The Hall–Kier alpha value is -0.950. The third kappa shape index (κ3) is 15.6. The molecule has 8 aliphatic rings. The molecule has 4 saturated carbocycles. The van der Waals surface area contributed by atoms with Crippen LogP contribution in [0.3, 0.4) is 0 Å². The molecule has 340 valence electrons. The molecule has 0 saturated heterocycles. The Morgan fingerprint density at radius 3 is 1.60 bits per heavy atom. The van der Waals surface area contributed by atoms with Crippen molar-refractivity contribution in [3.63, 3.8) is 0 Å². The highest BCUT2D eigenvalue weighted by Gasteiger charge is 2.35. The van der Waals surface area contributed by atoms with Crippen LogP contribution in [0, 0.1) is 11.3 Å². The molecule has 0 heterocycles. The second-order valence-electron chi connectivity index (χ2n) is 22.1. The Balaban J connectivity index is 1.24. The van der Waals surface area contributed by atoms with Crippen LogP contribution < -0.4 is 0 Å². The maximum Gasteiger partial charge on any atom is 0.0447 e. The molecule has 0 spiro atoms. The van der Waals surface area contributed by atoms with Gasteiger partial charge in [0.05, 0.1) is 0 Å². The van der Waals surface area contributed by atoms with E-state index in [1.54, 1.807) is 11.1 Å². The molecule has 60 heavy (non-hydrogen) atoms. The van der Waals surface area contributed by atoms with E-state index in [0.29, 0.717) is 10.7 Å². The molecule has 0 aromatic carbocycles. The number of unbranched alkanes of at least 4 members (excludes halogenated alkanes) is 9. The number of thiol groups is 1. The molecule has 3 atom stereocenters. The maximum atomic E-state index is 5.53. The summed E-state index contributed by atoms with van der Waals surface area (Å²) in [5, 5.41) is 0.426. The highest BCUT2D eigenvalue weighted by atomic mass is 32.1. The molecule has 8 aliphatic carbocycles. The smallest absolute Gasteiger partial charge is 0.0447 e. The van der Waals surface area contributed by atoms with Gasteiger partial charge in [-0.1, -0.05) is 198 Å². The lowest BCUT2D eigenvalue weighted by atomic mass is 9.73. The average molecular weight is 839 g/mol. The fourth-order valence-electron chi connectivity index (χ4n) is 12.8. The zero-order chi connectivity index (χ0) is 41.8. The maximum absolute atomic E-state index is 5.53. The lowest BCUT2D eigenvalue weighted by Crippen LogP contribution is -2.24. The Morgan fingerprint density at radius 1 is 0.417 bits per heavy atom. The van der Waals surface area contributed by atoms with Crippen LogP contribution >= 0.6 is 12.6 Å². The van der Waals surface area contributed by atoms with Crippen molar-refractivity contribution in [3.05, 3.63) is 55.7 Å². The van der Waals surface area contributed by atoms with E-state index in [9.17, 15) is 0 Å². The number of allylic oxidation sites excluding steroid dienone is 8. The fraction of sp³-hybridized carbons (Fsp3) is 0.831. The summed E-state index contributed by atoms with van der Waals surface area (Å²) >= 11 is 5.53. The molecule has 3 unspecified atom stereocenters. The van der Waals surface area contributed by atoms with Crippen molar-refractivity contribution in [2.45, 2.75) is 302 Å². The highest BCUT2D eigenvalue weighted by Crippen LogP contribution is 2.50.